The fraction of sp³-hybridized carbons (Fsp3) is 0.0968. The van der Waals surface area contributed by atoms with Crippen molar-refractivity contribution < 1.29 is 0 Å². The van der Waals surface area contributed by atoms with Crippen molar-refractivity contribution >= 4 is 21.5 Å². The molecule has 0 fully saturated rings. The lowest BCUT2D eigenvalue weighted by Gasteiger charge is -2.24. The zero-order chi connectivity index (χ0) is 41.7. The van der Waals surface area contributed by atoms with Crippen LogP contribution in [0, 0.1) is 0 Å². The summed E-state index contributed by atoms with van der Waals surface area (Å²) < 4.78 is 0. The van der Waals surface area contributed by atoms with E-state index in [1.54, 1.807) is 0 Å². The normalized spacial score (nSPS) is 14.1. The molecule has 0 unspecified atom stereocenters. The summed E-state index contributed by atoms with van der Waals surface area (Å²) in [6.07, 6.45) is 0. The number of hydrogen-bond acceptors (Lipinski definition) is 0. The van der Waals surface area contributed by atoms with Gasteiger partial charge in [0.25, 0.3) is 0 Å². The Bertz CT molecular complexity index is 3230. The molecule has 0 spiro atoms. The molecule has 294 valence electrons. The maximum atomic E-state index is 2.47. The first-order valence-electron chi connectivity index (χ1n) is 22.0. The van der Waals surface area contributed by atoms with Gasteiger partial charge in [0, 0.05) is 10.8 Å². The molecular formula is C62H46. The van der Waals surface area contributed by atoms with Crippen molar-refractivity contribution in [2.75, 3.05) is 0 Å². The fourth-order valence-corrected chi connectivity index (χ4v) is 10.7. The summed E-state index contributed by atoms with van der Waals surface area (Å²) in [6, 6.07) is 77.3. The maximum absolute atomic E-state index is 2.47. The minimum atomic E-state index is -0.138. The van der Waals surface area contributed by atoms with Crippen molar-refractivity contribution in [3.63, 3.8) is 0 Å². The molecular weight excluding hydrogens is 745 g/mol. The van der Waals surface area contributed by atoms with E-state index in [9.17, 15) is 0 Å². The maximum Gasteiger partial charge on any atom is 0.0159 e. The third kappa shape index (κ3) is 5.74. The molecule has 0 N–H and O–H groups in total. The van der Waals surface area contributed by atoms with Crippen molar-refractivity contribution in [3.8, 4) is 77.9 Å². The molecule has 62 heavy (non-hydrogen) atoms. The summed E-state index contributed by atoms with van der Waals surface area (Å²) in [5.41, 5.74) is 23.2. The summed E-state index contributed by atoms with van der Waals surface area (Å²) in [5.74, 6) is 0. The predicted octanol–water partition coefficient (Wildman–Crippen LogP) is 16.9. The van der Waals surface area contributed by atoms with E-state index in [2.05, 4.69) is 234 Å². The quantitative estimate of drug-likeness (QED) is 0.163. The molecule has 0 radical (unpaired) electrons. The van der Waals surface area contributed by atoms with Gasteiger partial charge in [-0.15, -0.1) is 0 Å². The Labute approximate surface area is 364 Å². The Morgan fingerprint density at radius 1 is 0.210 bits per heavy atom. The van der Waals surface area contributed by atoms with E-state index < -0.39 is 0 Å². The molecule has 0 atom stereocenters. The Kier molecular flexibility index (Phi) is 8.03. The van der Waals surface area contributed by atoms with Crippen molar-refractivity contribution in [1.82, 2.24) is 0 Å². The molecule has 0 aliphatic heterocycles. The Hall–Kier alpha value is -7.28. The molecule has 10 aromatic carbocycles. The van der Waals surface area contributed by atoms with E-state index in [0.29, 0.717) is 0 Å². The van der Waals surface area contributed by atoms with E-state index in [1.165, 1.54) is 122 Å². The van der Waals surface area contributed by atoms with E-state index in [-0.39, 0.29) is 10.8 Å². The van der Waals surface area contributed by atoms with E-state index in [0.717, 1.165) is 0 Å². The average Bonchev–Trinajstić information content (AvgIpc) is 3.69. The first-order chi connectivity index (χ1) is 30.2. The zero-order valence-corrected chi connectivity index (χ0v) is 35.6. The highest BCUT2D eigenvalue weighted by Crippen LogP contribution is 2.53. The lowest BCUT2D eigenvalue weighted by Crippen LogP contribution is -2.15. The molecule has 12 rings (SSSR count). The van der Waals surface area contributed by atoms with Crippen LogP contribution >= 0.6 is 0 Å². The molecule has 0 bridgehead atoms. The topological polar surface area (TPSA) is 0 Å². The van der Waals surface area contributed by atoms with Crippen molar-refractivity contribution in [1.29, 1.82) is 0 Å². The summed E-state index contributed by atoms with van der Waals surface area (Å²) in [6.45, 7) is 9.59. The standard InChI is InChI=1S/C62H46/c1-61(2)57-35-49(45-17-9-15-43(33-45)47-21-19-39-11-5-7-13-41(39)31-47)23-27-53(57)55-29-25-51(37-59(55)61)52-26-30-56-54-28-24-50(36-58(54)62(3,4)60(56)38-52)46-18-10-16-44(34-46)48-22-20-40-12-6-8-14-42(40)32-48/h5-38H,1-4H3. The lowest BCUT2D eigenvalue weighted by atomic mass is 9.79. The van der Waals surface area contributed by atoms with Gasteiger partial charge < -0.3 is 0 Å². The van der Waals surface area contributed by atoms with Crippen molar-refractivity contribution in [2.24, 2.45) is 0 Å². The Morgan fingerprint density at radius 3 is 0.790 bits per heavy atom. The van der Waals surface area contributed by atoms with Gasteiger partial charge in [-0.3, -0.25) is 0 Å². The van der Waals surface area contributed by atoms with E-state index >= 15 is 0 Å². The number of benzene rings is 10. The summed E-state index contributed by atoms with van der Waals surface area (Å²) in [7, 11) is 0. The molecule has 0 amide bonds. The van der Waals surface area contributed by atoms with Gasteiger partial charge in [0.05, 0.1) is 0 Å². The van der Waals surface area contributed by atoms with Gasteiger partial charge in [0.15, 0.2) is 0 Å². The molecule has 2 aliphatic rings. The zero-order valence-electron chi connectivity index (χ0n) is 35.6. The van der Waals surface area contributed by atoms with Gasteiger partial charge in [-0.1, -0.05) is 185 Å². The molecule has 0 heterocycles. The van der Waals surface area contributed by atoms with Crippen LogP contribution in [0.25, 0.3) is 99.4 Å². The van der Waals surface area contributed by atoms with Gasteiger partial charge in [-0.05, 0) is 170 Å². The van der Waals surface area contributed by atoms with Gasteiger partial charge in [-0.25, -0.2) is 0 Å². The number of fused-ring (bicyclic) bond motifs is 8. The Balaban J connectivity index is 0.841. The van der Waals surface area contributed by atoms with Crippen molar-refractivity contribution in [2.45, 2.75) is 38.5 Å². The van der Waals surface area contributed by atoms with Crippen LogP contribution in [-0.2, 0) is 10.8 Å². The number of hydrogen-bond donors (Lipinski definition) is 0. The summed E-state index contributed by atoms with van der Waals surface area (Å²) in [4.78, 5) is 0. The highest BCUT2D eigenvalue weighted by molar-refractivity contribution is 5.92. The second-order valence-corrected chi connectivity index (χ2v) is 18.6. The lowest BCUT2D eigenvalue weighted by molar-refractivity contribution is 0.660. The molecule has 0 saturated carbocycles. The van der Waals surface area contributed by atoms with Crippen LogP contribution in [0.15, 0.2) is 206 Å². The monoisotopic (exact) mass is 790 g/mol. The van der Waals surface area contributed by atoms with E-state index in [1.807, 2.05) is 0 Å². The average molecular weight is 791 g/mol. The van der Waals surface area contributed by atoms with Crippen LogP contribution in [0.1, 0.15) is 49.9 Å². The molecule has 10 aromatic rings. The van der Waals surface area contributed by atoms with Crippen LogP contribution in [0.3, 0.4) is 0 Å². The minimum Gasteiger partial charge on any atom is -0.0616 e. The SMILES string of the molecule is CC1(C)c2cc(-c3cccc(-c4ccc5ccccc5c4)c3)ccc2-c2ccc(-c3ccc4c(c3)C(C)(C)c3cc(-c5cccc(-c6ccc7ccccc7c6)c5)ccc3-4)cc21. The molecule has 0 nitrogen and oxygen atoms in total. The summed E-state index contributed by atoms with van der Waals surface area (Å²) >= 11 is 0. The molecule has 0 heteroatoms. The molecule has 0 saturated heterocycles. The first-order valence-corrected chi connectivity index (χ1v) is 22.0. The molecule has 2 aliphatic carbocycles. The fourth-order valence-electron chi connectivity index (χ4n) is 10.7. The second-order valence-electron chi connectivity index (χ2n) is 18.6. The predicted molar refractivity (Wildman–Crippen MR) is 264 cm³/mol. The molecule has 0 aromatic heterocycles. The smallest absolute Gasteiger partial charge is 0.0159 e. The third-order valence-corrected chi connectivity index (χ3v) is 14.2. The summed E-state index contributed by atoms with van der Waals surface area (Å²) in [5, 5.41) is 5.08. The van der Waals surface area contributed by atoms with Crippen LogP contribution in [-0.4, -0.2) is 0 Å². The Morgan fingerprint density at radius 2 is 0.468 bits per heavy atom. The second kappa shape index (κ2) is 13.6. The van der Waals surface area contributed by atoms with Crippen LogP contribution in [0.4, 0.5) is 0 Å². The van der Waals surface area contributed by atoms with Crippen LogP contribution in [0.2, 0.25) is 0 Å². The van der Waals surface area contributed by atoms with Crippen LogP contribution in [0.5, 0.6) is 0 Å². The highest BCUT2D eigenvalue weighted by atomic mass is 14.4. The highest BCUT2D eigenvalue weighted by Gasteiger charge is 2.38. The van der Waals surface area contributed by atoms with Gasteiger partial charge in [0.1, 0.15) is 0 Å². The third-order valence-electron chi connectivity index (χ3n) is 14.2. The minimum absolute atomic E-state index is 0.138. The van der Waals surface area contributed by atoms with E-state index in [4.69, 9.17) is 0 Å². The van der Waals surface area contributed by atoms with Gasteiger partial charge >= 0.3 is 0 Å². The largest absolute Gasteiger partial charge is 0.0616 e. The van der Waals surface area contributed by atoms with Gasteiger partial charge in [0.2, 0.25) is 0 Å². The van der Waals surface area contributed by atoms with Crippen LogP contribution < -0.4 is 0 Å². The van der Waals surface area contributed by atoms with Crippen molar-refractivity contribution in [3.05, 3.63) is 229 Å². The first kappa shape index (κ1) is 36.6. The van der Waals surface area contributed by atoms with Gasteiger partial charge in [-0.2, -0.15) is 0 Å². The number of rotatable bonds is 5.